The fourth-order valence-corrected chi connectivity index (χ4v) is 3.24. The van der Waals surface area contributed by atoms with Crippen LogP contribution >= 0.6 is 15.9 Å². The molecule has 0 amide bonds. The van der Waals surface area contributed by atoms with E-state index in [1.807, 2.05) is 12.2 Å². The first-order valence-electron chi connectivity index (χ1n) is 7.23. The lowest BCUT2D eigenvalue weighted by molar-refractivity contribution is -0.0621. The average Bonchev–Trinajstić information content (AvgIpc) is 2.42. The summed E-state index contributed by atoms with van der Waals surface area (Å²) in [6.45, 7) is 0.841. The Kier molecular flexibility index (Phi) is 4.55. The molecule has 4 heteroatoms. The van der Waals surface area contributed by atoms with Crippen molar-refractivity contribution >= 4 is 15.9 Å². The van der Waals surface area contributed by atoms with E-state index in [4.69, 9.17) is 4.74 Å². The van der Waals surface area contributed by atoms with Crippen LogP contribution in [0.4, 0.5) is 8.78 Å². The highest BCUT2D eigenvalue weighted by Crippen LogP contribution is 2.32. The van der Waals surface area contributed by atoms with E-state index in [9.17, 15) is 8.78 Å². The van der Waals surface area contributed by atoms with Crippen molar-refractivity contribution in [1.82, 2.24) is 0 Å². The number of benzene rings is 1. The Morgan fingerprint density at radius 1 is 1.10 bits per heavy atom. The molecule has 1 aromatic carbocycles. The first-order valence-corrected chi connectivity index (χ1v) is 8.03. The van der Waals surface area contributed by atoms with Crippen LogP contribution < -0.4 is 0 Å². The highest BCUT2D eigenvalue weighted by Gasteiger charge is 2.27. The molecule has 1 saturated heterocycles. The van der Waals surface area contributed by atoms with Gasteiger partial charge in [0, 0.05) is 6.61 Å². The van der Waals surface area contributed by atoms with Crippen LogP contribution in [0, 0.1) is 23.5 Å². The summed E-state index contributed by atoms with van der Waals surface area (Å²) in [5.41, 5.74) is 0.431. The average molecular weight is 355 g/mol. The lowest BCUT2D eigenvalue weighted by Gasteiger charge is -2.33. The van der Waals surface area contributed by atoms with Crippen LogP contribution in [0.5, 0.6) is 0 Å². The molecule has 1 heterocycles. The third-order valence-electron chi connectivity index (χ3n) is 4.25. The lowest BCUT2D eigenvalue weighted by atomic mass is 9.80. The van der Waals surface area contributed by atoms with Crippen LogP contribution in [0.25, 0.3) is 0 Å². The fraction of sp³-hybridized carbons (Fsp3) is 0.412. The predicted octanol–water partition coefficient (Wildman–Crippen LogP) is 4.81. The van der Waals surface area contributed by atoms with E-state index in [2.05, 4.69) is 28.1 Å². The topological polar surface area (TPSA) is 9.23 Å². The first-order chi connectivity index (χ1) is 10.1. The van der Waals surface area contributed by atoms with Gasteiger partial charge in [0.1, 0.15) is 11.6 Å². The minimum absolute atomic E-state index is 0.169. The maximum atomic E-state index is 14.0. The predicted molar refractivity (Wildman–Crippen MR) is 82.0 cm³/mol. The quantitative estimate of drug-likeness (QED) is 0.705. The second kappa shape index (κ2) is 6.41. The largest absolute Gasteiger partial charge is 0.378 e. The fourth-order valence-electron chi connectivity index (χ4n) is 2.92. The van der Waals surface area contributed by atoms with E-state index in [0.29, 0.717) is 24.0 Å². The minimum Gasteiger partial charge on any atom is -0.378 e. The van der Waals surface area contributed by atoms with Gasteiger partial charge in [-0.15, -0.1) is 0 Å². The van der Waals surface area contributed by atoms with Crippen LogP contribution in [0.15, 0.2) is 40.9 Å². The second-order valence-corrected chi connectivity index (χ2v) is 6.53. The molecule has 21 heavy (non-hydrogen) atoms. The second-order valence-electron chi connectivity index (χ2n) is 5.68. The summed E-state index contributed by atoms with van der Waals surface area (Å²) in [4.78, 5) is 0. The van der Waals surface area contributed by atoms with Gasteiger partial charge in [0.05, 0.1) is 10.6 Å². The molecule has 0 radical (unpaired) electrons. The number of allylic oxidation sites excluding steroid dienone is 4. The van der Waals surface area contributed by atoms with Crippen molar-refractivity contribution in [3.63, 3.8) is 0 Å². The van der Waals surface area contributed by atoms with Crippen LogP contribution in [-0.4, -0.2) is 12.7 Å². The Morgan fingerprint density at radius 2 is 1.81 bits per heavy atom. The highest BCUT2D eigenvalue weighted by molar-refractivity contribution is 9.10. The zero-order valence-corrected chi connectivity index (χ0v) is 13.2. The third-order valence-corrected chi connectivity index (χ3v) is 4.86. The van der Waals surface area contributed by atoms with Gasteiger partial charge in [-0.2, -0.15) is 0 Å². The van der Waals surface area contributed by atoms with Crippen LogP contribution in [0.1, 0.15) is 18.4 Å². The SMILES string of the molecule is Fc1cc(CC2C=CC=C[C@@H]2CC2CCO2)c(F)cc1Br. The van der Waals surface area contributed by atoms with Gasteiger partial charge in [-0.3, -0.25) is 0 Å². The molecule has 1 fully saturated rings. The summed E-state index contributed by atoms with van der Waals surface area (Å²) < 4.78 is 33.3. The van der Waals surface area contributed by atoms with E-state index < -0.39 is 5.82 Å². The maximum absolute atomic E-state index is 14.0. The molecule has 1 aromatic rings. The van der Waals surface area contributed by atoms with Crippen molar-refractivity contribution in [2.24, 2.45) is 11.8 Å². The highest BCUT2D eigenvalue weighted by atomic mass is 79.9. The Balaban J connectivity index is 1.74. The summed E-state index contributed by atoms with van der Waals surface area (Å²) in [5.74, 6) is -0.258. The van der Waals surface area contributed by atoms with Gasteiger partial charge in [-0.05, 0) is 64.7 Å². The van der Waals surface area contributed by atoms with Gasteiger partial charge < -0.3 is 4.74 Å². The summed E-state index contributed by atoms with van der Waals surface area (Å²) in [6.07, 6.45) is 11.1. The maximum Gasteiger partial charge on any atom is 0.137 e. The van der Waals surface area contributed by atoms with Crippen molar-refractivity contribution < 1.29 is 13.5 Å². The van der Waals surface area contributed by atoms with Gasteiger partial charge in [-0.25, -0.2) is 8.78 Å². The van der Waals surface area contributed by atoms with E-state index >= 15 is 0 Å². The first kappa shape index (κ1) is 14.9. The molecule has 0 saturated carbocycles. The van der Waals surface area contributed by atoms with Crippen molar-refractivity contribution in [3.8, 4) is 0 Å². The summed E-state index contributed by atoms with van der Waals surface area (Å²) in [5, 5.41) is 0. The molecule has 0 spiro atoms. The standard InChI is InChI=1S/C17H17BrF2O/c18-15-10-16(19)13(9-17(15)20)7-11-3-1-2-4-12(11)8-14-5-6-21-14/h1-4,9-12,14H,5-8H2/t11?,12-,14?/m1/s1. The van der Waals surface area contributed by atoms with Gasteiger partial charge in [0.25, 0.3) is 0 Å². The number of ether oxygens (including phenoxy) is 1. The molecule has 2 unspecified atom stereocenters. The Labute approximate surface area is 131 Å². The monoisotopic (exact) mass is 354 g/mol. The molecule has 0 N–H and O–H groups in total. The molecule has 112 valence electrons. The Bertz CT molecular complexity index is 578. The number of hydrogen-bond acceptors (Lipinski definition) is 1. The Morgan fingerprint density at radius 3 is 2.48 bits per heavy atom. The van der Waals surface area contributed by atoms with Crippen molar-refractivity contribution in [3.05, 3.63) is 58.1 Å². The molecule has 1 nitrogen and oxygen atoms in total. The smallest absolute Gasteiger partial charge is 0.137 e. The zero-order chi connectivity index (χ0) is 14.8. The van der Waals surface area contributed by atoms with Gasteiger partial charge >= 0.3 is 0 Å². The molecular weight excluding hydrogens is 338 g/mol. The summed E-state index contributed by atoms with van der Waals surface area (Å²) >= 11 is 3.01. The van der Waals surface area contributed by atoms with Gasteiger partial charge in [0.2, 0.25) is 0 Å². The van der Waals surface area contributed by atoms with E-state index in [0.717, 1.165) is 19.4 Å². The van der Waals surface area contributed by atoms with Gasteiger partial charge in [0.15, 0.2) is 0 Å². The third kappa shape index (κ3) is 3.43. The molecule has 0 aromatic heterocycles. The lowest BCUT2D eigenvalue weighted by Crippen LogP contribution is -2.31. The van der Waals surface area contributed by atoms with E-state index in [1.54, 1.807) is 0 Å². The van der Waals surface area contributed by atoms with E-state index in [-0.39, 0.29) is 16.2 Å². The van der Waals surface area contributed by atoms with Crippen LogP contribution in [-0.2, 0) is 11.2 Å². The molecule has 3 rings (SSSR count). The van der Waals surface area contributed by atoms with Crippen LogP contribution in [0.3, 0.4) is 0 Å². The van der Waals surface area contributed by atoms with Crippen LogP contribution in [0.2, 0.25) is 0 Å². The summed E-state index contributed by atoms with van der Waals surface area (Å²) in [7, 11) is 0. The Hall–Kier alpha value is -1.00. The molecule has 3 atom stereocenters. The van der Waals surface area contributed by atoms with Crippen molar-refractivity contribution in [2.45, 2.75) is 25.4 Å². The number of halogens is 3. The molecule has 1 aliphatic heterocycles. The molecule has 1 aliphatic carbocycles. The number of hydrogen-bond donors (Lipinski definition) is 0. The normalized spacial score (nSPS) is 27.7. The van der Waals surface area contributed by atoms with Crippen molar-refractivity contribution in [1.29, 1.82) is 0 Å². The van der Waals surface area contributed by atoms with Crippen molar-refractivity contribution in [2.75, 3.05) is 6.61 Å². The van der Waals surface area contributed by atoms with E-state index in [1.165, 1.54) is 12.1 Å². The molecule has 2 aliphatic rings. The zero-order valence-electron chi connectivity index (χ0n) is 11.6. The number of rotatable bonds is 4. The summed E-state index contributed by atoms with van der Waals surface area (Å²) in [6, 6.07) is 2.50. The molecule has 0 bridgehead atoms. The van der Waals surface area contributed by atoms with Gasteiger partial charge in [-0.1, -0.05) is 24.3 Å². The minimum atomic E-state index is -0.416. The molecular formula is C17H17BrF2O.